The molecule has 0 radical (unpaired) electrons. The van der Waals surface area contributed by atoms with Crippen LogP contribution in [-0.4, -0.2) is 25.8 Å². The maximum atomic E-state index is 12.1. The summed E-state index contributed by atoms with van der Waals surface area (Å²) in [5.41, 5.74) is 6.85. The summed E-state index contributed by atoms with van der Waals surface area (Å²) in [7, 11) is 0. The number of carbonyl (C=O) groups is 1. The summed E-state index contributed by atoms with van der Waals surface area (Å²) >= 11 is 1.43. The molecule has 0 unspecified atom stereocenters. The monoisotopic (exact) mass is 247 g/mol. The van der Waals surface area contributed by atoms with Gasteiger partial charge < -0.3 is 10.6 Å². The van der Waals surface area contributed by atoms with Crippen LogP contribution in [0.15, 0.2) is 18.6 Å². The van der Waals surface area contributed by atoms with Crippen LogP contribution < -0.4 is 5.73 Å². The van der Waals surface area contributed by atoms with Crippen LogP contribution in [0.3, 0.4) is 0 Å². The minimum atomic E-state index is -0.123. The van der Waals surface area contributed by atoms with Crippen LogP contribution in [0.4, 0.5) is 5.13 Å². The van der Waals surface area contributed by atoms with Crippen LogP contribution in [0.2, 0.25) is 0 Å². The average molecular weight is 247 g/mol. The van der Waals surface area contributed by atoms with E-state index in [1.807, 2.05) is 0 Å². The van der Waals surface area contributed by atoms with Crippen LogP contribution in [0.25, 0.3) is 0 Å². The second-order valence-corrected chi connectivity index (χ2v) is 4.79. The molecular weight excluding hydrogens is 238 g/mol. The zero-order chi connectivity index (χ0) is 11.8. The van der Waals surface area contributed by atoms with Crippen LogP contribution in [0, 0.1) is 0 Å². The van der Waals surface area contributed by atoms with Crippen molar-refractivity contribution in [1.82, 2.24) is 19.9 Å². The van der Waals surface area contributed by atoms with E-state index >= 15 is 0 Å². The highest BCUT2D eigenvalue weighted by Crippen LogP contribution is 2.29. The van der Waals surface area contributed by atoms with Gasteiger partial charge in [-0.25, -0.2) is 9.97 Å². The molecule has 0 spiro atoms. The van der Waals surface area contributed by atoms with Gasteiger partial charge >= 0.3 is 0 Å². The number of nitrogens with zero attached hydrogens (tertiary/aromatic N) is 4. The van der Waals surface area contributed by atoms with Gasteiger partial charge in [-0.05, 0) is 0 Å². The van der Waals surface area contributed by atoms with E-state index in [4.69, 9.17) is 5.73 Å². The van der Waals surface area contributed by atoms with E-state index in [0.29, 0.717) is 23.9 Å². The number of hydrogen-bond acceptors (Lipinski definition) is 6. The molecule has 2 aromatic rings. The molecule has 0 saturated carbocycles. The third-order valence-electron chi connectivity index (χ3n) is 2.54. The van der Waals surface area contributed by atoms with E-state index in [9.17, 15) is 4.79 Å². The van der Waals surface area contributed by atoms with Gasteiger partial charge in [0.05, 0.1) is 29.9 Å². The van der Waals surface area contributed by atoms with E-state index in [0.717, 1.165) is 10.6 Å². The quantitative estimate of drug-likeness (QED) is 0.800. The topological polar surface area (TPSA) is 85.0 Å². The Hall–Kier alpha value is -2.02. The van der Waals surface area contributed by atoms with Crippen molar-refractivity contribution in [2.45, 2.75) is 13.1 Å². The van der Waals surface area contributed by atoms with E-state index in [1.165, 1.54) is 23.7 Å². The maximum Gasteiger partial charge on any atom is 0.274 e. The first-order chi connectivity index (χ1) is 8.24. The fourth-order valence-electron chi connectivity index (χ4n) is 1.78. The number of thiazole rings is 1. The molecule has 17 heavy (non-hydrogen) atoms. The Bertz CT molecular complexity index is 544. The molecule has 0 aromatic carbocycles. The molecule has 1 amide bonds. The molecule has 1 aliphatic heterocycles. The van der Waals surface area contributed by atoms with E-state index in [1.54, 1.807) is 11.1 Å². The Morgan fingerprint density at radius 2 is 2.29 bits per heavy atom. The van der Waals surface area contributed by atoms with Crippen LogP contribution >= 0.6 is 11.3 Å². The van der Waals surface area contributed by atoms with Crippen molar-refractivity contribution in [2.75, 3.05) is 5.73 Å². The zero-order valence-corrected chi connectivity index (χ0v) is 9.65. The first kappa shape index (κ1) is 10.2. The number of carbonyl (C=O) groups excluding carboxylic acids is 1. The average Bonchev–Trinajstić information content (AvgIpc) is 2.86. The zero-order valence-electron chi connectivity index (χ0n) is 8.83. The Labute approximate surface area is 101 Å². The highest BCUT2D eigenvalue weighted by Gasteiger charge is 2.28. The molecule has 3 rings (SSSR count). The van der Waals surface area contributed by atoms with Crippen molar-refractivity contribution in [3.05, 3.63) is 34.9 Å². The molecule has 1 aliphatic rings. The predicted octanol–water partition coefficient (Wildman–Crippen LogP) is 0.671. The molecule has 6 nitrogen and oxygen atoms in total. The van der Waals surface area contributed by atoms with Crippen molar-refractivity contribution < 1.29 is 4.79 Å². The number of nitrogen functional groups attached to an aromatic ring is 1. The maximum absolute atomic E-state index is 12.1. The molecule has 0 atom stereocenters. The van der Waals surface area contributed by atoms with Crippen molar-refractivity contribution in [3.8, 4) is 0 Å². The van der Waals surface area contributed by atoms with Crippen LogP contribution in [0.5, 0.6) is 0 Å². The number of nitrogens with two attached hydrogens (primary N) is 1. The minimum Gasteiger partial charge on any atom is -0.375 e. The molecule has 3 heterocycles. The van der Waals surface area contributed by atoms with Gasteiger partial charge in [-0.2, -0.15) is 0 Å². The molecule has 2 N–H and O–H groups in total. The lowest BCUT2D eigenvalue weighted by Crippen LogP contribution is -2.26. The third kappa shape index (κ3) is 1.74. The van der Waals surface area contributed by atoms with Gasteiger partial charge in [0.25, 0.3) is 5.91 Å². The van der Waals surface area contributed by atoms with Crippen molar-refractivity contribution in [2.24, 2.45) is 0 Å². The first-order valence-corrected chi connectivity index (χ1v) is 5.85. The summed E-state index contributed by atoms with van der Waals surface area (Å²) in [4.78, 5) is 26.9. The lowest BCUT2D eigenvalue weighted by molar-refractivity contribution is 0.0744. The van der Waals surface area contributed by atoms with Gasteiger partial charge in [-0.15, -0.1) is 11.3 Å². The summed E-state index contributed by atoms with van der Waals surface area (Å²) in [6, 6.07) is 0. The van der Waals surface area contributed by atoms with Crippen LogP contribution in [-0.2, 0) is 13.1 Å². The number of fused-ring (bicyclic) bond motifs is 1. The van der Waals surface area contributed by atoms with Gasteiger partial charge in [0, 0.05) is 12.4 Å². The first-order valence-electron chi connectivity index (χ1n) is 5.03. The second kappa shape index (κ2) is 3.77. The second-order valence-electron chi connectivity index (χ2n) is 3.67. The summed E-state index contributed by atoms with van der Waals surface area (Å²) in [5, 5.41) is 0.557. The Morgan fingerprint density at radius 1 is 1.41 bits per heavy atom. The SMILES string of the molecule is Nc1nc2c(s1)CN(C(=O)c1cnccn1)C2. The molecule has 2 aromatic heterocycles. The largest absolute Gasteiger partial charge is 0.375 e. The molecule has 0 bridgehead atoms. The van der Waals surface area contributed by atoms with E-state index in [2.05, 4.69) is 15.0 Å². The number of rotatable bonds is 1. The Morgan fingerprint density at radius 3 is 3.00 bits per heavy atom. The summed E-state index contributed by atoms with van der Waals surface area (Å²) in [6.45, 7) is 1.05. The van der Waals surface area contributed by atoms with Crippen molar-refractivity contribution >= 4 is 22.4 Å². The summed E-state index contributed by atoms with van der Waals surface area (Å²) < 4.78 is 0. The minimum absolute atomic E-state index is 0.123. The van der Waals surface area contributed by atoms with Gasteiger partial charge in [-0.1, -0.05) is 0 Å². The highest BCUT2D eigenvalue weighted by atomic mass is 32.1. The molecule has 0 aliphatic carbocycles. The standard InChI is InChI=1S/C10H9N5OS/c11-10-14-7-4-15(5-8(7)17-10)9(16)6-3-12-1-2-13-6/h1-3H,4-5H2,(H2,11,14). The molecule has 0 fully saturated rings. The smallest absolute Gasteiger partial charge is 0.274 e. The van der Waals surface area contributed by atoms with Crippen molar-refractivity contribution in [3.63, 3.8) is 0 Å². The van der Waals surface area contributed by atoms with Crippen LogP contribution in [0.1, 0.15) is 21.1 Å². The number of hydrogen-bond donors (Lipinski definition) is 1. The number of anilines is 1. The number of amides is 1. The van der Waals surface area contributed by atoms with Gasteiger partial charge in [0.15, 0.2) is 5.13 Å². The predicted molar refractivity (Wildman–Crippen MR) is 62.1 cm³/mol. The fraction of sp³-hybridized carbons (Fsp3) is 0.200. The van der Waals surface area contributed by atoms with Gasteiger partial charge in [0.2, 0.25) is 0 Å². The van der Waals surface area contributed by atoms with Gasteiger partial charge in [0.1, 0.15) is 5.69 Å². The number of aromatic nitrogens is 3. The molecule has 86 valence electrons. The fourth-order valence-corrected chi connectivity index (χ4v) is 2.63. The molecule has 0 saturated heterocycles. The lowest BCUT2D eigenvalue weighted by Gasteiger charge is -2.13. The molecular formula is C10H9N5OS. The highest BCUT2D eigenvalue weighted by molar-refractivity contribution is 7.15. The summed E-state index contributed by atoms with van der Waals surface area (Å²) in [5.74, 6) is -0.123. The summed E-state index contributed by atoms with van der Waals surface area (Å²) in [6.07, 6.45) is 4.52. The third-order valence-corrected chi connectivity index (χ3v) is 3.45. The Kier molecular flexibility index (Phi) is 2.25. The van der Waals surface area contributed by atoms with E-state index in [-0.39, 0.29) is 5.91 Å². The normalized spacial score (nSPS) is 13.8. The lowest BCUT2D eigenvalue weighted by atomic mass is 10.4. The van der Waals surface area contributed by atoms with E-state index < -0.39 is 0 Å². The Balaban J connectivity index is 1.81. The molecule has 7 heteroatoms. The van der Waals surface area contributed by atoms with Gasteiger partial charge in [-0.3, -0.25) is 9.78 Å². The van der Waals surface area contributed by atoms with Crippen molar-refractivity contribution in [1.29, 1.82) is 0 Å².